The Labute approximate surface area is 124 Å². The van der Waals surface area contributed by atoms with Gasteiger partial charge in [0.15, 0.2) is 0 Å². The van der Waals surface area contributed by atoms with Crippen molar-refractivity contribution in [2.75, 3.05) is 0 Å². The smallest absolute Gasteiger partial charge is 0.534 e. The molecule has 1 aromatic heterocycles. The van der Waals surface area contributed by atoms with Crippen LogP contribution in [0.15, 0.2) is 41.1 Å². The first-order valence-electron chi connectivity index (χ1n) is 6.95. The van der Waals surface area contributed by atoms with Crippen molar-refractivity contribution in [3.05, 3.63) is 48.1 Å². The fraction of sp³-hybridized carbons (Fsp3) is 0.312. The summed E-state index contributed by atoms with van der Waals surface area (Å²) in [5.74, 6) is 1.48. The minimum Gasteiger partial charge on any atom is -0.534 e. The molecular weight excluding hydrogens is 265 g/mol. The van der Waals surface area contributed by atoms with Crippen molar-refractivity contribution in [2.24, 2.45) is 0 Å². The van der Waals surface area contributed by atoms with Crippen molar-refractivity contribution in [1.82, 2.24) is 5.16 Å². The fourth-order valence-electron chi connectivity index (χ4n) is 2.47. The monoisotopic (exact) mass is 283 g/mol. The molecule has 0 saturated carbocycles. The summed E-state index contributed by atoms with van der Waals surface area (Å²) in [6.07, 6.45) is 0. The molecule has 1 aliphatic rings. The Balaban J connectivity index is 1.87. The maximum absolute atomic E-state index is 5.87. The Morgan fingerprint density at radius 3 is 2.29 bits per heavy atom. The molecular formula is C16H18BNO3. The van der Waals surface area contributed by atoms with E-state index >= 15 is 0 Å². The minimum absolute atomic E-state index is 0.397. The topological polar surface area (TPSA) is 44.5 Å². The van der Waals surface area contributed by atoms with Crippen LogP contribution < -0.4 is 5.46 Å². The van der Waals surface area contributed by atoms with Crippen molar-refractivity contribution in [2.45, 2.75) is 33.3 Å². The summed E-state index contributed by atoms with van der Waals surface area (Å²) in [4.78, 5) is 0. The van der Waals surface area contributed by atoms with E-state index in [1.165, 1.54) is 0 Å². The summed E-state index contributed by atoms with van der Waals surface area (Å²) in [7, 11) is -0.397. The van der Waals surface area contributed by atoms with Gasteiger partial charge in [0.1, 0.15) is 11.4 Å². The van der Waals surface area contributed by atoms with Crippen molar-refractivity contribution >= 4 is 12.6 Å². The highest BCUT2D eigenvalue weighted by molar-refractivity contribution is 6.62. The van der Waals surface area contributed by atoms with Crippen LogP contribution in [0.2, 0.25) is 0 Å². The molecule has 0 aliphatic carbocycles. The molecule has 4 nitrogen and oxygen atoms in total. The maximum atomic E-state index is 5.87. The zero-order valence-electron chi connectivity index (χ0n) is 12.8. The van der Waals surface area contributed by atoms with Crippen LogP contribution in [0.4, 0.5) is 0 Å². The summed E-state index contributed by atoms with van der Waals surface area (Å²) >= 11 is 0. The van der Waals surface area contributed by atoms with Gasteiger partial charge in [0.2, 0.25) is 0 Å². The molecule has 0 N–H and O–H groups in total. The predicted molar refractivity (Wildman–Crippen MR) is 82.2 cm³/mol. The first-order valence-corrected chi connectivity index (χ1v) is 6.95. The predicted octanol–water partition coefficient (Wildman–Crippen LogP) is 2.99. The zero-order chi connectivity index (χ0) is 15.2. The average molecular weight is 283 g/mol. The van der Waals surface area contributed by atoms with E-state index in [4.69, 9.17) is 13.8 Å². The highest BCUT2D eigenvalue weighted by Gasteiger charge is 2.42. The average Bonchev–Trinajstić information content (AvgIpc) is 2.90. The minimum atomic E-state index is -0.453. The van der Waals surface area contributed by atoms with Gasteiger partial charge in [0, 0.05) is 5.56 Å². The lowest BCUT2D eigenvalue weighted by atomic mass is 9.78. The number of aromatic nitrogens is 1. The Hall–Kier alpha value is -2.01. The van der Waals surface area contributed by atoms with E-state index in [2.05, 4.69) is 11.7 Å². The molecule has 5 heteroatoms. The van der Waals surface area contributed by atoms with Gasteiger partial charge >= 0.3 is 7.12 Å². The van der Waals surface area contributed by atoms with Crippen LogP contribution in [-0.4, -0.2) is 17.9 Å². The van der Waals surface area contributed by atoms with E-state index in [1.807, 2.05) is 52.0 Å². The number of nitrogens with zero attached hydrogens (tertiary/aromatic N) is 1. The molecule has 0 radical (unpaired) electrons. The van der Waals surface area contributed by atoms with Crippen molar-refractivity contribution in [1.29, 1.82) is 0 Å². The first-order chi connectivity index (χ1) is 9.88. The molecule has 1 aromatic carbocycles. The number of rotatable bonds is 2. The summed E-state index contributed by atoms with van der Waals surface area (Å²) in [5.41, 5.74) is 3.52. The zero-order valence-corrected chi connectivity index (χ0v) is 12.8. The molecule has 0 amide bonds. The molecule has 2 heterocycles. The Kier molecular flexibility index (Phi) is 3.17. The largest absolute Gasteiger partial charge is 0.563 e. The van der Waals surface area contributed by atoms with E-state index in [-0.39, 0.29) is 0 Å². The molecule has 0 unspecified atom stereocenters. The Morgan fingerprint density at radius 2 is 1.81 bits per heavy atom. The van der Waals surface area contributed by atoms with E-state index in [9.17, 15) is 0 Å². The number of hydrogen-bond donors (Lipinski definition) is 0. The van der Waals surface area contributed by atoms with Gasteiger partial charge in [0.25, 0.3) is 0 Å². The Bertz CT molecular complexity index is 669. The third kappa shape index (κ3) is 2.38. The van der Waals surface area contributed by atoms with Crippen LogP contribution >= 0.6 is 0 Å². The lowest BCUT2D eigenvalue weighted by Crippen LogP contribution is -2.34. The molecule has 1 saturated heterocycles. The third-order valence-corrected chi connectivity index (χ3v) is 3.83. The first kappa shape index (κ1) is 14.0. The van der Waals surface area contributed by atoms with E-state index in [0.29, 0.717) is 5.76 Å². The number of hydrogen-bond acceptors (Lipinski definition) is 4. The van der Waals surface area contributed by atoms with E-state index in [0.717, 1.165) is 28.0 Å². The molecule has 0 atom stereocenters. The van der Waals surface area contributed by atoms with Crippen LogP contribution in [0, 0.1) is 13.8 Å². The van der Waals surface area contributed by atoms with Gasteiger partial charge in [-0.2, -0.15) is 0 Å². The molecule has 0 bridgehead atoms. The standard InChI is InChI=1S/C16H18BNO3/c1-10-15(11(2)20-18-10)13-6-8-14(9-7-13)17-19-12(3)16(4,5)21-17/h6-9H,3H2,1-2,4-5H3. The summed E-state index contributed by atoms with van der Waals surface area (Å²) in [6.45, 7) is 11.7. The number of aryl methyl sites for hydroxylation is 2. The van der Waals surface area contributed by atoms with Crippen LogP contribution in [-0.2, 0) is 9.31 Å². The molecule has 1 fully saturated rings. The van der Waals surface area contributed by atoms with Gasteiger partial charge in [-0.05, 0) is 38.7 Å². The number of benzene rings is 1. The second kappa shape index (κ2) is 4.77. The highest BCUT2D eigenvalue weighted by Crippen LogP contribution is 2.30. The van der Waals surface area contributed by atoms with Gasteiger partial charge in [-0.25, -0.2) is 0 Å². The van der Waals surface area contributed by atoms with Crippen molar-refractivity contribution in [3.63, 3.8) is 0 Å². The van der Waals surface area contributed by atoms with Gasteiger partial charge < -0.3 is 13.8 Å². The van der Waals surface area contributed by atoms with Gasteiger partial charge in [0.05, 0.1) is 11.5 Å². The molecule has 0 spiro atoms. The van der Waals surface area contributed by atoms with Crippen molar-refractivity contribution in [3.8, 4) is 11.1 Å². The van der Waals surface area contributed by atoms with Crippen LogP contribution in [0.3, 0.4) is 0 Å². The van der Waals surface area contributed by atoms with E-state index in [1.54, 1.807) is 0 Å². The lowest BCUT2D eigenvalue weighted by molar-refractivity contribution is 0.173. The van der Waals surface area contributed by atoms with Crippen molar-refractivity contribution < 1.29 is 13.8 Å². The second-order valence-electron chi connectivity index (χ2n) is 5.82. The van der Waals surface area contributed by atoms with Gasteiger partial charge in [-0.1, -0.05) is 36.0 Å². The fourth-order valence-corrected chi connectivity index (χ4v) is 2.47. The molecule has 2 aromatic rings. The SMILES string of the molecule is C=C1OB(c2ccc(-c3c(C)noc3C)cc2)OC1(C)C. The summed E-state index contributed by atoms with van der Waals surface area (Å²) in [5, 5.41) is 3.99. The summed E-state index contributed by atoms with van der Waals surface area (Å²) < 4.78 is 16.8. The normalized spacial score (nSPS) is 17.1. The molecule has 3 rings (SSSR count). The van der Waals surface area contributed by atoms with Gasteiger partial charge in [-0.3, -0.25) is 0 Å². The van der Waals surface area contributed by atoms with Crippen LogP contribution in [0.25, 0.3) is 11.1 Å². The third-order valence-electron chi connectivity index (χ3n) is 3.83. The second-order valence-corrected chi connectivity index (χ2v) is 5.82. The molecule has 21 heavy (non-hydrogen) atoms. The highest BCUT2D eigenvalue weighted by atomic mass is 16.7. The molecule has 108 valence electrons. The lowest BCUT2D eigenvalue weighted by Gasteiger charge is -2.15. The maximum Gasteiger partial charge on any atom is 0.563 e. The van der Waals surface area contributed by atoms with Crippen LogP contribution in [0.5, 0.6) is 0 Å². The Morgan fingerprint density at radius 1 is 1.14 bits per heavy atom. The van der Waals surface area contributed by atoms with Gasteiger partial charge in [-0.15, -0.1) is 0 Å². The van der Waals surface area contributed by atoms with E-state index < -0.39 is 12.7 Å². The quantitative estimate of drug-likeness (QED) is 0.795. The van der Waals surface area contributed by atoms with Crippen LogP contribution in [0.1, 0.15) is 25.3 Å². The molecule has 1 aliphatic heterocycles. The summed E-state index contributed by atoms with van der Waals surface area (Å²) in [6, 6.07) is 8.06.